The molecule has 6 aliphatic rings. The van der Waals surface area contributed by atoms with E-state index in [-0.39, 0.29) is 34.6 Å². The first kappa shape index (κ1) is 55.4. The summed E-state index contributed by atoms with van der Waals surface area (Å²) >= 11 is 0. The van der Waals surface area contributed by atoms with Crippen LogP contribution in [0.25, 0.3) is 22.3 Å². The van der Waals surface area contributed by atoms with Crippen LogP contribution in [0.4, 0.5) is 0 Å². The average Bonchev–Trinajstić information content (AvgIpc) is 4.24. The maximum Gasteiger partial charge on any atom is 0.306 e. The molecule has 8 nitrogen and oxygen atoms in total. The number of methoxy groups -OCH3 is 2. The summed E-state index contributed by atoms with van der Waals surface area (Å²) in [4.78, 5) is 24.1. The Morgan fingerprint density at radius 2 is 0.863 bits per heavy atom. The van der Waals surface area contributed by atoms with Crippen LogP contribution in [0.1, 0.15) is 187 Å². The van der Waals surface area contributed by atoms with Crippen molar-refractivity contribution in [1.82, 2.24) is 0 Å². The normalized spacial score (nSPS) is 20.6. The van der Waals surface area contributed by atoms with Gasteiger partial charge in [-0.25, -0.2) is 0 Å². The quantitative estimate of drug-likeness (QED) is 0.0621. The van der Waals surface area contributed by atoms with Gasteiger partial charge in [-0.3, -0.25) is 9.59 Å². The Hall–Kier alpha value is -6.54. The minimum absolute atomic E-state index is 0.143. The number of hydrogen-bond donors (Lipinski definition) is 0. The molecular formula is C72H84O8. The zero-order chi connectivity index (χ0) is 55.4. The molecule has 0 heterocycles. The summed E-state index contributed by atoms with van der Waals surface area (Å²) in [6.45, 7) is 10.7. The first-order valence-electron chi connectivity index (χ1n) is 30.2. The van der Waals surface area contributed by atoms with E-state index in [1.807, 2.05) is 24.3 Å². The van der Waals surface area contributed by atoms with E-state index in [2.05, 4.69) is 137 Å². The number of hydrogen-bond acceptors (Lipinski definition) is 8. The third kappa shape index (κ3) is 14.0. The predicted octanol–water partition coefficient (Wildman–Crippen LogP) is 17.6. The average molecular weight is 1080 g/mol. The Kier molecular flexibility index (Phi) is 16.8. The number of carbonyl (C=O) groups excluding carboxylic acids is 2. The van der Waals surface area contributed by atoms with Gasteiger partial charge in [0.25, 0.3) is 0 Å². The summed E-state index contributed by atoms with van der Waals surface area (Å²) < 4.78 is 34.9. The number of benzene rings is 6. The molecule has 6 aromatic rings. The highest BCUT2D eigenvalue weighted by Gasteiger charge is 2.39. The van der Waals surface area contributed by atoms with Crippen LogP contribution in [-0.4, -0.2) is 38.4 Å². The lowest BCUT2D eigenvalue weighted by molar-refractivity contribution is -0.142. The molecule has 0 spiro atoms. The van der Waals surface area contributed by atoms with Gasteiger partial charge < -0.3 is 28.4 Å². The number of ether oxygens (including phenoxy) is 6. The van der Waals surface area contributed by atoms with Crippen LogP contribution in [0.5, 0.6) is 23.0 Å². The fourth-order valence-corrected chi connectivity index (χ4v) is 13.2. The number of rotatable bonds is 22. The highest BCUT2D eigenvalue weighted by atomic mass is 16.5. The smallest absolute Gasteiger partial charge is 0.306 e. The van der Waals surface area contributed by atoms with E-state index in [4.69, 9.17) is 28.4 Å². The first-order valence-corrected chi connectivity index (χ1v) is 30.2. The van der Waals surface area contributed by atoms with Crippen molar-refractivity contribution >= 4 is 11.9 Å². The summed E-state index contributed by atoms with van der Waals surface area (Å²) in [5, 5.41) is 0. The Morgan fingerprint density at radius 1 is 0.463 bits per heavy atom. The van der Waals surface area contributed by atoms with Gasteiger partial charge in [0.1, 0.15) is 36.2 Å². The Morgan fingerprint density at radius 3 is 1.23 bits per heavy atom. The fourth-order valence-electron chi connectivity index (χ4n) is 13.2. The van der Waals surface area contributed by atoms with E-state index in [0.29, 0.717) is 61.9 Å². The van der Waals surface area contributed by atoms with E-state index in [0.717, 1.165) is 48.7 Å². The Bertz CT molecular complexity index is 2910. The topological polar surface area (TPSA) is 89.5 Å². The van der Waals surface area contributed by atoms with Crippen LogP contribution < -0.4 is 18.9 Å². The standard InChI is InChI=1S/2C36H42O4/c2*1-36(2)18-6-11-34(36)33-19-24(12-17-31(33)26-7-5-10-30(21-26)40-28-15-16-28)23-39-29-9-4-8-27(20-29)32(25-13-14-25)22-35(37)38-3/h2*4-5,7-10,12,17,19-21,25,28,32,34H,6,11,13-16,18,22-23H2,1-3H3/t32-,34+;32-,34-/m11/s1. The molecule has 80 heavy (non-hydrogen) atoms. The molecular weight excluding hydrogens is 993 g/mol. The molecule has 6 aliphatic carbocycles. The lowest BCUT2D eigenvalue weighted by Crippen LogP contribution is -2.16. The molecule has 6 saturated carbocycles. The largest absolute Gasteiger partial charge is 0.490 e. The molecule has 0 N–H and O–H groups in total. The highest BCUT2D eigenvalue weighted by molar-refractivity contribution is 5.73. The molecule has 0 radical (unpaired) electrons. The minimum Gasteiger partial charge on any atom is -0.490 e. The van der Waals surface area contributed by atoms with Crippen molar-refractivity contribution in [3.63, 3.8) is 0 Å². The maximum absolute atomic E-state index is 12.0. The van der Waals surface area contributed by atoms with Gasteiger partial charge in [-0.2, -0.15) is 0 Å². The molecule has 4 atom stereocenters. The molecule has 0 bridgehead atoms. The van der Waals surface area contributed by atoms with Crippen molar-refractivity contribution in [2.75, 3.05) is 14.2 Å². The van der Waals surface area contributed by atoms with Crippen LogP contribution in [-0.2, 0) is 32.3 Å². The summed E-state index contributed by atoms with van der Waals surface area (Å²) in [7, 11) is 2.94. The number of esters is 2. The molecule has 0 aliphatic heterocycles. The van der Waals surface area contributed by atoms with Gasteiger partial charge in [-0.05, 0) is 228 Å². The molecule has 8 heteroatoms. The zero-order valence-corrected chi connectivity index (χ0v) is 48.3. The summed E-state index contributed by atoms with van der Waals surface area (Å²) in [6, 6.07) is 47.6. The lowest BCUT2D eigenvalue weighted by atomic mass is 9.75. The third-order valence-electron chi connectivity index (χ3n) is 18.4. The zero-order valence-electron chi connectivity index (χ0n) is 48.3. The van der Waals surface area contributed by atoms with Crippen LogP contribution >= 0.6 is 0 Å². The van der Waals surface area contributed by atoms with Crippen LogP contribution in [0.2, 0.25) is 0 Å². The van der Waals surface area contributed by atoms with Crippen molar-refractivity contribution in [3.05, 3.63) is 167 Å². The molecule has 12 rings (SSSR count). The predicted molar refractivity (Wildman–Crippen MR) is 318 cm³/mol. The van der Waals surface area contributed by atoms with Gasteiger partial charge >= 0.3 is 11.9 Å². The molecule has 6 fully saturated rings. The Labute approximate surface area is 476 Å². The minimum atomic E-state index is -0.143. The fraction of sp³-hybridized carbons (Fsp3) is 0.472. The van der Waals surface area contributed by atoms with E-state index in [1.165, 1.54) is 134 Å². The van der Waals surface area contributed by atoms with Gasteiger partial charge in [-0.15, -0.1) is 0 Å². The van der Waals surface area contributed by atoms with Gasteiger partial charge in [0.15, 0.2) is 0 Å². The molecule has 0 aromatic heterocycles. The van der Waals surface area contributed by atoms with Crippen LogP contribution in [0, 0.1) is 22.7 Å². The van der Waals surface area contributed by atoms with E-state index < -0.39 is 0 Å². The summed E-state index contributed by atoms with van der Waals surface area (Å²) in [6.07, 6.45) is 18.5. The van der Waals surface area contributed by atoms with Crippen LogP contribution in [0.3, 0.4) is 0 Å². The molecule has 420 valence electrons. The van der Waals surface area contributed by atoms with Crippen molar-refractivity contribution in [2.45, 2.75) is 180 Å². The third-order valence-corrected chi connectivity index (χ3v) is 18.4. The molecule has 0 unspecified atom stereocenters. The summed E-state index contributed by atoms with van der Waals surface area (Å²) in [5.41, 5.74) is 13.2. The first-order chi connectivity index (χ1) is 38.8. The van der Waals surface area contributed by atoms with Gasteiger partial charge in [-0.1, -0.05) is 125 Å². The van der Waals surface area contributed by atoms with Crippen molar-refractivity contribution in [1.29, 1.82) is 0 Å². The van der Waals surface area contributed by atoms with Crippen molar-refractivity contribution in [3.8, 4) is 45.3 Å². The second-order valence-electron chi connectivity index (χ2n) is 25.6. The van der Waals surface area contributed by atoms with Crippen LogP contribution in [0.15, 0.2) is 133 Å². The second kappa shape index (κ2) is 24.3. The Balaban J connectivity index is 0.000000169. The van der Waals surface area contributed by atoms with Gasteiger partial charge in [0.05, 0.1) is 39.3 Å². The van der Waals surface area contributed by atoms with Crippen molar-refractivity contribution in [2.24, 2.45) is 22.7 Å². The van der Waals surface area contributed by atoms with E-state index >= 15 is 0 Å². The number of carbonyl (C=O) groups is 2. The highest BCUT2D eigenvalue weighted by Crippen LogP contribution is 2.53. The lowest BCUT2D eigenvalue weighted by Gasteiger charge is -2.30. The van der Waals surface area contributed by atoms with Gasteiger partial charge in [0, 0.05) is 0 Å². The van der Waals surface area contributed by atoms with Gasteiger partial charge in [0.2, 0.25) is 0 Å². The molecule has 0 saturated heterocycles. The maximum atomic E-state index is 12.0. The van der Waals surface area contributed by atoms with E-state index in [9.17, 15) is 9.59 Å². The second-order valence-corrected chi connectivity index (χ2v) is 25.6. The summed E-state index contributed by atoms with van der Waals surface area (Å²) in [5.74, 6) is 5.91. The molecule has 6 aromatic carbocycles. The monoisotopic (exact) mass is 1080 g/mol. The van der Waals surface area contributed by atoms with Crippen molar-refractivity contribution < 1.29 is 38.0 Å². The van der Waals surface area contributed by atoms with E-state index in [1.54, 1.807) is 0 Å². The SMILES string of the molecule is COC(=O)C[C@@H](c1cccc(OCc2ccc(-c3cccc(OC4CC4)c3)c([C@@H]3CCCC3(C)C)c2)c1)C1CC1.COC(=O)C[C@@H](c1cccc(OCc2ccc(-c3cccc(OC4CC4)c3)c([C@H]3CCCC3(C)C)c2)c1)C1CC1. The molecule has 0 amide bonds.